The Labute approximate surface area is 301 Å². The zero-order chi connectivity index (χ0) is 37.5. The molecule has 51 heavy (non-hydrogen) atoms. The Morgan fingerprint density at radius 3 is 2.18 bits per heavy atom. The second-order valence-corrected chi connectivity index (χ2v) is 13.9. The van der Waals surface area contributed by atoms with Gasteiger partial charge in [-0.1, -0.05) is 38.2 Å². The molecule has 0 spiro atoms. The zero-order valence-corrected chi connectivity index (χ0v) is 30.0. The number of fused-ring (bicyclic) bond motifs is 1. The molecule has 1 aromatic heterocycles. The third-order valence-corrected chi connectivity index (χ3v) is 9.06. The largest absolute Gasteiger partial charge is 0.384 e. The van der Waals surface area contributed by atoms with Crippen molar-refractivity contribution in [3.63, 3.8) is 0 Å². The van der Waals surface area contributed by atoms with E-state index in [2.05, 4.69) is 36.6 Å². The maximum absolute atomic E-state index is 13.8. The van der Waals surface area contributed by atoms with Gasteiger partial charge in [0.1, 0.15) is 18.1 Å². The Morgan fingerprint density at radius 1 is 0.882 bits per heavy atom. The summed E-state index contributed by atoms with van der Waals surface area (Å²) in [5.41, 5.74) is 17.1. The molecular formula is C34H50N10O6S. The number of thiazole rings is 1. The van der Waals surface area contributed by atoms with Gasteiger partial charge in [-0.15, -0.1) is 11.3 Å². The first-order valence-corrected chi connectivity index (χ1v) is 17.9. The standard InChI is InChI=1S/C34H50N10O6S/c1-19(2)16-26(31(49)42-24(11-7-13-39-34(36)37)29(47)33-38-14-15-51-33)44-30(48)25(10-6-12-28(35)46)43-32(50)27(41-20(3)45)17-21-18-40-23-9-5-4-8-22(21)23/h4-5,8-9,14-15,18-19,22-27,40H,6-7,10-13,16-17H2,1-3H3,(H2,35,46)(H,41,45)(H,42,49)(H,43,50)(H,44,48)(H4,36,37,39)/t22?,23?,24-,25-,26-,27-/m0/s1. The maximum Gasteiger partial charge on any atom is 0.243 e. The number of aromatic nitrogens is 1. The van der Waals surface area contributed by atoms with E-state index < -0.39 is 59.5 Å². The molecule has 0 bridgehead atoms. The van der Waals surface area contributed by atoms with Gasteiger partial charge in [0.15, 0.2) is 11.0 Å². The number of rotatable bonds is 21. The number of carbonyl (C=O) groups is 6. The van der Waals surface area contributed by atoms with Crippen LogP contribution in [0.25, 0.3) is 0 Å². The molecule has 2 aliphatic rings. The van der Waals surface area contributed by atoms with Crippen LogP contribution in [0.3, 0.4) is 0 Å². The van der Waals surface area contributed by atoms with Crippen molar-refractivity contribution >= 4 is 52.6 Å². The lowest BCUT2D eigenvalue weighted by Crippen LogP contribution is -2.58. The SMILES string of the molecule is CC(=O)N[C@@H](CC1=CNC2C=CC=CC12)C(=O)N[C@@H](CCCC(N)=O)C(=O)N[C@@H](CC(C)C)C(=O)N[C@@H](CCCN=C(N)N)C(=O)c1nccs1. The van der Waals surface area contributed by atoms with E-state index in [9.17, 15) is 28.8 Å². The van der Waals surface area contributed by atoms with Gasteiger partial charge in [0.05, 0.1) is 12.1 Å². The van der Waals surface area contributed by atoms with Crippen molar-refractivity contribution in [3.05, 3.63) is 52.7 Å². The third kappa shape index (κ3) is 13.3. The first-order valence-electron chi connectivity index (χ1n) is 17.0. The Morgan fingerprint density at radius 2 is 1.53 bits per heavy atom. The van der Waals surface area contributed by atoms with E-state index in [1.807, 2.05) is 44.4 Å². The number of nitrogens with two attached hydrogens (primary N) is 3. The summed E-state index contributed by atoms with van der Waals surface area (Å²) < 4.78 is 0. The van der Waals surface area contributed by atoms with E-state index in [1.165, 1.54) is 13.1 Å². The first-order chi connectivity index (χ1) is 24.2. The predicted molar refractivity (Wildman–Crippen MR) is 194 cm³/mol. The number of nitrogens with zero attached hydrogens (tertiary/aromatic N) is 2. The molecule has 0 aromatic carbocycles. The molecular weight excluding hydrogens is 677 g/mol. The van der Waals surface area contributed by atoms with Crippen LogP contribution in [0.5, 0.6) is 0 Å². The van der Waals surface area contributed by atoms with Crippen LogP contribution < -0.4 is 43.8 Å². The molecule has 1 aromatic rings. The number of carbonyl (C=O) groups excluding carboxylic acids is 6. The van der Waals surface area contributed by atoms with Gasteiger partial charge in [-0.3, -0.25) is 33.8 Å². The summed E-state index contributed by atoms with van der Waals surface area (Å²) in [5, 5.41) is 16.1. The van der Waals surface area contributed by atoms with E-state index in [0.29, 0.717) is 6.42 Å². The molecule has 0 radical (unpaired) electrons. The highest BCUT2D eigenvalue weighted by Gasteiger charge is 2.34. The number of amides is 5. The van der Waals surface area contributed by atoms with E-state index in [-0.39, 0.29) is 73.9 Å². The number of hydrogen-bond donors (Lipinski definition) is 8. The van der Waals surface area contributed by atoms with Crippen LogP contribution in [0.2, 0.25) is 0 Å². The molecule has 0 saturated carbocycles. The summed E-state index contributed by atoms with van der Waals surface area (Å²) in [7, 11) is 0. The Bertz CT molecular complexity index is 1520. The first kappa shape index (κ1) is 40.4. The minimum Gasteiger partial charge on any atom is -0.384 e. The third-order valence-electron chi connectivity index (χ3n) is 8.27. The highest BCUT2D eigenvalue weighted by molar-refractivity contribution is 7.11. The van der Waals surface area contributed by atoms with Crippen LogP contribution in [0.4, 0.5) is 0 Å². The summed E-state index contributed by atoms with van der Waals surface area (Å²) in [4.78, 5) is 86.3. The minimum absolute atomic E-state index is 0.00171. The highest BCUT2D eigenvalue weighted by atomic mass is 32.1. The second kappa shape index (κ2) is 20.0. The number of ketones is 1. The van der Waals surface area contributed by atoms with E-state index in [1.54, 1.807) is 5.38 Å². The smallest absolute Gasteiger partial charge is 0.243 e. The summed E-state index contributed by atoms with van der Waals surface area (Å²) in [6, 6.07) is -4.20. The monoisotopic (exact) mass is 726 g/mol. The molecule has 5 amide bonds. The molecule has 11 N–H and O–H groups in total. The number of aliphatic imine (C=N–C) groups is 1. The molecule has 2 heterocycles. The number of guanidine groups is 1. The summed E-state index contributed by atoms with van der Waals surface area (Å²) in [6.07, 6.45) is 12.3. The van der Waals surface area contributed by atoms with Gasteiger partial charge in [0.2, 0.25) is 35.3 Å². The number of Topliss-reactive ketones (excluding diaryl/α,β-unsaturated/α-hetero) is 1. The molecule has 17 heteroatoms. The molecule has 1 aliphatic heterocycles. The number of nitrogens with one attached hydrogen (secondary N) is 5. The molecule has 6 atom stereocenters. The highest BCUT2D eigenvalue weighted by Crippen LogP contribution is 2.29. The molecule has 0 fully saturated rings. The molecule has 2 unspecified atom stereocenters. The fraction of sp³-hybridized carbons (Fsp3) is 0.529. The van der Waals surface area contributed by atoms with Gasteiger partial charge >= 0.3 is 0 Å². The van der Waals surface area contributed by atoms with Crippen molar-refractivity contribution in [1.82, 2.24) is 31.6 Å². The lowest BCUT2D eigenvalue weighted by Gasteiger charge is -2.27. The average molecular weight is 727 g/mol. The van der Waals surface area contributed by atoms with Gasteiger partial charge in [0, 0.05) is 37.4 Å². The molecule has 278 valence electrons. The molecule has 1 aliphatic carbocycles. The van der Waals surface area contributed by atoms with Crippen molar-refractivity contribution in [2.24, 2.45) is 34.0 Å². The summed E-state index contributed by atoms with van der Waals surface area (Å²) in [6.45, 7) is 5.28. The van der Waals surface area contributed by atoms with Gasteiger partial charge < -0.3 is 43.8 Å². The minimum atomic E-state index is -1.18. The Hall–Kier alpha value is -5.06. The van der Waals surface area contributed by atoms with Crippen molar-refractivity contribution in [2.75, 3.05) is 6.54 Å². The zero-order valence-electron chi connectivity index (χ0n) is 29.2. The lowest BCUT2D eigenvalue weighted by atomic mass is 9.88. The quantitative estimate of drug-likeness (QED) is 0.0365. The van der Waals surface area contributed by atoms with E-state index in [4.69, 9.17) is 17.2 Å². The van der Waals surface area contributed by atoms with E-state index >= 15 is 0 Å². The normalized spacial score (nSPS) is 18.2. The molecule has 3 rings (SSSR count). The lowest BCUT2D eigenvalue weighted by molar-refractivity contribution is -0.134. The summed E-state index contributed by atoms with van der Waals surface area (Å²) >= 11 is 1.14. The van der Waals surface area contributed by atoms with Crippen LogP contribution in [0, 0.1) is 11.8 Å². The van der Waals surface area contributed by atoms with E-state index in [0.717, 1.165) is 16.9 Å². The maximum atomic E-state index is 13.8. The molecule has 16 nitrogen and oxygen atoms in total. The van der Waals surface area contributed by atoms with Crippen LogP contribution in [0.15, 0.2) is 52.6 Å². The van der Waals surface area contributed by atoms with Crippen LogP contribution in [-0.2, 0) is 24.0 Å². The predicted octanol–water partition coefficient (Wildman–Crippen LogP) is 0.0282. The van der Waals surface area contributed by atoms with Crippen LogP contribution in [0.1, 0.15) is 75.5 Å². The van der Waals surface area contributed by atoms with Crippen LogP contribution in [-0.4, -0.2) is 83.0 Å². The molecule has 0 saturated heterocycles. The number of primary amides is 1. The topological polar surface area (TPSA) is 266 Å². The summed E-state index contributed by atoms with van der Waals surface area (Å²) in [5.74, 6) is -3.42. The van der Waals surface area contributed by atoms with Crippen molar-refractivity contribution in [1.29, 1.82) is 0 Å². The Balaban J connectivity index is 1.79. The van der Waals surface area contributed by atoms with Crippen molar-refractivity contribution in [3.8, 4) is 0 Å². The van der Waals surface area contributed by atoms with Crippen LogP contribution >= 0.6 is 11.3 Å². The number of hydrogen-bond acceptors (Lipinski definition) is 10. The van der Waals surface area contributed by atoms with Gasteiger partial charge in [-0.2, -0.15) is 0 Å². The fourth-order valence-corrected chi connectivity index (χ4v) is 6.47. The Kier molecular flexibility index (Phi) is 15.8. The van der Waals surface area contributed by atoms with Gasteiger partial charge in [0.25, 0.3) is 0 Å². The number of allylic oxidation sites excluding steroid dienone is 2. The average Bonchev–Trinajstić information content (AvgIpc) is 3.75. The second-order valence-electron chi connectivity index (χ2n) is 13.0. The fourth-order valence-electron chi connectivity index (χ4n) is 5.84. The van der Waals surface area contributed by atoms with Gasteiger partial charge in [-0.05, 0) is 56.2 Å². The van der Waals surface area contributed by atoms with Gasteiger partial charge in [-0.25, -0.2) is 4.98 Å². The van der Waals surface area contributed by atoms with Crippen molar-refractivity contribution < 1.29 is 28.8 Å². The van der Waals surface area contributed by atoms with Crippen molar-refractivity contribution in [2.45, 2.75) is 95.9 Å².